The number of esters is 1. The van der Waals surface area contributed by atoms with Gasteiger partial charge >= 0.3 is 5.97 Å². The number of nitrogens with two attached hydrogens (primary N) is 6. The number of hydrogen-bond acceptors (Lipinski definition) is 9. The van der Waals surface area contributed by atoms with Gasteiger partial charge in [-0.2, -0.15) is 0 Å². The van der Waals surface area contributed by atoms with E-state index in [1.165, 1.54) is 0 Å². The lowest BCUT2D eigenvalue weighted by atomic mass is 10.0. The van der Waals surface area contributed by atoms with Crippen LogP contribution >= 0.6 is 0 Å². The van der Waals surface area contributed by atoms with E-state index >= 15 is 0 Å². The average Bonchev–Trinajstić information content (AvgIpc) is 3.16. The minimum atomic E-state index is -0.308. The van der Waals surface area contributed by atoms with Gasteiger partial charge in [0.25, 0.3) is 0 Å². The summed E-state index contributed by atoms with van der Waals surface area (Å²) in [5, 5.41) is 7.54. The van der Waals surface area contributed by atoms with Crippen molar-refractivity contribution in [1.82, 2.24) is 0 Å². The van der Waals surface area contributed by atoms with E-state index in [4.69, 9.17) is 39.1 Å². The molecule has 0 aromatic heterocycles. The van der Waals surface area contributed by atoms with E-state index in [-0.39, 0.29) is 5.97 Å². The largest absolute Gasteiger partial charge is 0.462 e. The third kappa shape index (κ3) is 10.7. The first-order chi connectivity index (χ1) is 24.9. The molecule has 6 aromatic rings. The fourth-order valence-electron chi connectivity index (χ4n) is 5.12. The van der Waals surface area contributed by atoms with E-state index in [1.54, 1.807) is 37.3 Å². The van der Waals surface area contributed by atoms with Crippen LogP contribution in [-0.2, 0) is 4.74 Å². The molecule has 0 saturated carbocycles. The van der Waals surface area contributed by atoms with Gasteiger partial charge < -0.3 is 44.5 Å². The summed E-state index contributed by atoms with van der Waals surface area (Å²) in [6, 6.07) is 34.0. The van der Waals surface area contributed by atoms with Crippen molar-refractivity contribution in [2.45, 2.75) is 33.2 Å². The van der Waals surface area contributed by atoms with Crippen molar-refractivity contribution in [3.05, 3.63) is 139 Å². The van der Waals surface area contributed by atoms with Gasteiger partial charge in [-0.3, -0.25) is 0 Å². The molecule has 0 spiro atoms. The monoisotopic (exact) mass is 697 g/mol. The second-order valence-corrected chi connectivity index (χ2v) is 11.8. The number of fused-ring (bicyclic) bond motifs is 2. The number of anilines is 7. The van der Waals surface area contributed by atoms with Crippen LogP contribution in [0.2, 0.25) is 0 Å². The zero-order valence-electron chi connectivity index (χ0n) is 30.2. The first-order valence-corrected chi connectivity index (χ1v) is 17.0. The van der Waals surface area contributed by atoms with Crippen LogP contribution in [0.5, 0.6) is 0 Å². The maximum Gasteiger partial charge on any atom is 0.338 e. The second kappa shape index (κ2) is 19.5. The van der Waals surface area contributed by atoms with Crippen molar-refractivity contribution in [3.63, 3.8) is 0 Å². The minimum absolute atomic E-state index is 0.308. The highest BCUT2D eigenvalue weighted by atomic mass is 16.5. The lowest BCUT2D eigenvalue weighted by Gasteiger charge is -2.17. The van der Waals surface area contributed by atoms with Crippen molar-refractivity contribution in [3.8, 4) is 0 Å². The normalized spacial score (nSPS) is 10.6. The highest BCUT2D eigenvalue weighted by Gasteiger charge is 2.08. The van der Waals surface area contributed by atoms with Gasteiger partial charge in [-0.1, -0.05) is 80.8 Å². The van der Waals surface area contributed by atoms with Crippen LogP contribution in [0.1, 0.15) is 48.7 Å². The van der Waals surface area contributed by atoms with Gasteiger partial charge in [0.05, 0.1) is 12.2 Å². The first kappa shape index (κ1) is 39.8. The van der Waals surface area contributed by atoms with Crippen LogP contribution in [0.25, 0.3) is 33.7 Å². The van der Waals surface area contributed by atoms with Crippen LogP contribution in [0, 0.1) is 0 Å². The van der Waals surface area contributed by atoms with Crippen molar-refractivity contribution in [2.24, 2.45) is 0 Å². The Balaban J connectivity index is 0.000000188. The van der Waals surface area contributed by atoms with Crippen molar-refractivity contribution < 1.29 is 9.53 Å². The smallest absolute Gasteiger partial charge is 0.338 e. The molecular weight excluding hydrogens is 647 g/mol. The summed E-state index contributed by atoms with van der Waals surface area (Å²) in [7, 11) is 0. The predicted octanol–water partition coefficient (Wildman–Crippen LogP) is 9.22. The van der Waals surface area contributed by atoms with Crippen LogP contribution in [0.4, 0.5) is 39.8 Å². The Hall–Kier alpha value is -6.61. The van der Waals surface area contributed by atoms with Gasteiger partial charge in [-0.05, 0) is 80.9 Å². The number of carbonyl (C=O) groups is 1. The van der Waals surface area contributed by atoms with Crippen LogP contribution in [0.15, 0.2) is 122 Å². The molecule has 9 nitrogen and oxygen atoms in total. The minimum Gasteiger partial charge on any atom is -0.462 e. The molecule has 1 unspecified atom stereocenters. The fraction of sp³-hybridized carbons (Fsp3) is 0.140. The summed E-state index contributed by atoms with van der Waals surface area (Å²) >= 11 is 0. The Morgan fingerprint density at radius 1 is 0.615 bits per heavy atom. The Bertz CT molecular complexity index is 1950. The maximum atomic E-state index is 11.1. The van der Waals surface area contributed by atoms with Gasteiger partial charge in [-0.25, -0.2) is 4.79 Å². The third-order valence-electron chi connectivity index (χ3n) is 8.15. The van der Waals surface area contributed by atoms with Crippen LogP contribution in [0.3, 0.4) is 0 Å². The lowest BCUT2D eigenvalue weighted by molar-refractivity contribution is 0.0526. The number of hydrogen-bond donors (Lipinski definition) is 7. The van der Waals surface area contributed by atoms with Gasteiger partial charge in [0.15, 0.2) is 0 Å². The Morgan fingerprint density at radius 3 is 1.38 bits per heavy atom. The SMILES string of the molecule is C=Cc1c(N)ccc(NC(C)CC)c1C=C.CCOC(=O)c1ccc(N)cc1.Nc1ccc(N)c2ccccc12.Nc1ccc(N)c2ccccc12. The summed E-state index contributed by atoms with van der Waals surface area (Å²) in [5.41, 5.74) is 42.5. The van der Waals surface area contributed by atoms with E-state index in [0.29, 0.717) is 23.9 Å². The van der Waals surface area contributed by atoms with Crippen molar-refractivity contribution >= 4 is 79.5 Å². The van der Waals surface area contributed by atoms with E-state index in [9.17, 15) is 4.79 Å². The summed E-state index contributed by atoms with van der Waals surface area (Å²) in [6.45, 7) is 14.1. The highest BCUT2D eigenvalue weighted by molar-refractivity contribution is 6.01. The van der Waals surface area contributed by atoms with E-state index in [0.717, 1.165) is 73.2 Å². The summed E-state index contributed by atoms with van der Waals surface area (Å²) < 4.78 is 4.79. The molecule has 0 fully saturated rings. The van der Waals surface area contributed by atoms with Crippen molar-refractivity contribution in [2.75, 3.05) is 46.3 Å². The summed E-state index contributed by atoms with van der Waals surface area (Å²) in [6.07, 6.45) is 4.66. The number of ether oxygens (including phenoxy) is 1. The van der Waals surface area contributed by atoms with E-state index < -0.39 is 0 Å². The Morgan fingerprint density at radius 2 is 1.02 bits per heavy atom. The molecule has 9 heteroatoms. The molecule has 13 N–H and O–H groups in total. The predicted molar refractivity (Wildman–Crippen MR) is 227 cm³/mol. The van der Waals surface area contributed by atoms with Crippen LogP contribution in [-0.4, -0.2) is 18.6 Å². The summed E-state index contributed by atoms with van der Waals surface area (Å²) in [4.78, 5) is 11.1. The Kier molecular flexibility index (Phi) is 15.0. The average molecular weight is 698 g/mol. The lowest BCUT2D eigenvalue weighted by Crippen LogP contribution is -2.14. The van der Waals surface area contributed by atoms with Gasteiger partial charge in [0, 0.05) is 78.5 Å². The van der Waals surface area contributed by atoms with E-state index in [1.807, 2.05) is 91.0 Å². The fourth-order valence-corrected chi connectivity index (χ4v) is 5.12. The molecule has 0 saturated heterocycles. The molecule has 0 aliphatic carbocycles. The molecule has 0 amide bonds. The topological polar surface area (TPSA) is 194 Å². The molecule has 52 heavy (non-hydrogen) atoms. The maximum absolute atomic E-state index is 11.1. The summed E-state index contributed by atoms with van der Waals surface area (Å²) in [5.74, 6) is -0.308. The molecule has 270 valence electrons. The molecule has 0 aliphatic rings. The van der Waals surface area contributed by atoms with Crippen LogP contribution < -0.4 is 39.7 Å². The standard InChI is InChI=1S/C14H20N2.2C10H10N2.C9H11NO2/c1-5-10(4)16-14-9-8-13(15)11(6-2)12(14)7-3;2*11-9-5-6-10(12)8-4-2-1-3-7(8)9;1-2-12-9(11)7-3-5-8(10)6-4-7/h6-10,16H,2-3,5,15H2,1,4H3;2*1-6H,11-12H2;3-6H,2,10H2,1H3. The molecule has 0 radical (unpaired) electrons. The number of benzene rings is 6. The first-order valence-electron chi connectivity index (χ1n) is 17.0. The number of nitrogens with one attached hydrogen (secondary N) is 1. The molecule has 1 atom stereocenters. The number of rotatable bonds is 7. The zero-order chi connectivity index (χ0) is 38.2. The highest BCUT2D eigenvalue weighted by Crippen LogP contribution is 2.29. The second-order valence-electron chi connectivity index (χ2n) is 11.8. The zero-order valence-corrected chi connectivity index (χ0v) is 30.2. The number of nitrogen functional groups attached to an aromatic ring is 6. The van der Waals surface area contributed by atoms with Gasteiger partial charge in [-0.15, -0.1) is 0 Å². The number of carbonyl (C=O) groups excluding carboxylic acids is 1. The van der Waals surface area contributed by atoms with Gasteiger partial charge in [0.2, 0.25) is 0 Å². The third-order valence-corrected chi connectivity index (χ3v) is 8.15. The van der Waals surface area contributed by atoms with Crippen molar-refractivity contribution in [1.29, 1.82) is 0 Å². The van der Waals surface area contributed by atoms with Gasteiger partial charge in [0.1, 0.15) is 0 Å². The molecule has 0 heterocycles. The molecule has 6 aromatic carbocycles. The quantitative estimate of drug-likeness (QED) is 0.0628. The molecular formula is C43H51N7O2. The molecule has 6 rings (SSSR count). The van der Waals surface area contributed by atoms with E-state index in [2.05, 4.69) is 32.3 Å². The molecule has 0 aliphatic heterocycles. The Labute approximate surface area is 306 Å². The molecule has 0 bridgehead atoms.